The Hall–Kier alpha value is -0.910. The Morgan fingerprint density at radius 2 is 2.10 bits per heavy atom. The van der Waals surface area contributed by atoms with Gasteiger partial charge in [-0.15, -0.1) is 0 Å². The summed E-state index contributed by atoms with van der Waals surface area (Å²) in [6.45, 7) is 4.98. The molecule has 0 aliphatic carbocycles. The van der Waals surface area contributed by atoms with E-state index in [0.29, 0.717) is 24.7 Å². The highest BCUT2D eigenvalue weighted by Crippen LogP contribution is 2.26. The van der Waals surface area contributed by atoms with Gasteiger partial charge in [0.15, 0.2) is 9.84 Å². The van der Waals surface area contributed by atoms with Gasteiger partial charge in [-0.25, -0.2) is 8.42 Å². The van der Waals surface area contributed by atoms with Crippen molar-refractivity contribution in [2.45, 2.75) is 20.0 Å². The summed E-state index contributed by atoms with van der Waals surface area (Å²) in [5.41, 5.74) is 1.15. The highest BCUT2D eigenvalue weighted by atomic mass is 32.2. The van der Waals surface area contributed by atoms with Gasteiger partial charge < -0.3 is 10.1 Å². The molecule has 0 aromatic heterocycles. The number of benzene rings is 1. The molecule has 1 heterocycles. The molecule has 4 nitrogen and oxygen atoms in total. The molecule has 0 amide bonds. The monoisotopic (exact) mass is 311 g/mol. The fourth-order valence-electron chi connectivity index (χ4n) is 2.79. The Kier molecular flexibility index (Phi) is 6.21. The van der Waals surface area contributed by atoms with Crippen molar-refractivity contribution in [1.82, 2.24) is 5.32 Å². The summed E-state index contributed by atoms with van der Waals surface area (Å²) in [5.74, 6) is 1.15. The van der Waals surface area contributed by atoms with Gasteiger partial charge in [0.2, 0.25) is 0 Å². The second-order valence-electron chi connectivity index (χ2n) is 5.73. The van der Waals surface area contributed by atoms with Crippen molar-refractivity contribution in [2.75, 3.05) is 31.2 Å². The molecule has 2 unspecified atom stereocenters. The lowest BCUT2D eigenvalue weighted by Gasteiger charge is -2.22. The molecular formula is C16H25NO3S. The minimum Gasteiger partial charge on any atom is -0.376 e. The van der Waals surface area contributed by atoms with Crippen molar-refractivity contribution in [3.05, 3.63) is 35.9 Å². The first-order chi connectivity index (χ1) is 10.1. The predicted molar refractivity (Wildman–Crippen MR) is 84.9 cm³/mol. The predicted octanol–water partition coefficient (Wildman–Crippen LogP) is 1.86. The third-order valence-corrected chi connectivity index (χ3v) is 5.83. The molecule has 0 radical (unpaired) electrons. The molecule has 0 spiro atoms. The van der Waals surface area contributed by atoms with Crippen molar-refractivity contribution in [3.8, 4) is 0 Å². The van der Waals surface area contributed by atoms with E-state index in [1.165, 1.54) is 0 Å². The minimum atomic E-state index is -2.83. The molecule has 1 N–H and O–H groups in total. The summed E-state index contributed by atoms with van der Waals surface area (Å²) < 4.78 is 29.1. The maximum atomic E-state index is 11.7. The van der Waals surface area contributed by atoms with Gasteiger partial charge >= 0.3 is 0 Å². The quantitative estimate of drug-likeness (QED) is 0.796. The van der Waals surface area contributed by atoms with Crippen LogP contribution in [0.15, 0.2) is 30.3 Å². The zero-order valence-corrected chi connectivity index (χ0v) is 13.4. The molecular weight excluding hydrogens is 286 g/mol. The Morgan fingerprint density at radius 1 is 1.33 bits per heavy atom. The fourth-order valence-corrected chi connectivity index (χ4v) is 4.71. The summed E-state index contributed by atoms with van der Waals surface area (Å²) in [6.07, 6.45) is 0.771. The van der Waals surface area contributed by atoms with Crippen LogP contribution in [0.5, 0.6) is 0 Å². The lowest BCUT2D eigenvalue weighted by Crippen LogP contribution is -2.32. The number of sulfone groups is 1. The Bertz CT molecular complexity index is 516. The fraction of sp³-hybridized carbons (Fsp3) is 0.625. The van der Waals surface area contributed by atoms with Crippen LogP contribution in [0.4, 0.5) is 0 Å². The van der Waals surface area contributed by atoms with Crippen molar-refractivity contribution >= 4 is 9.84 Å². The summed E-state index contributed by atoms with van der Waals surface area (Å²) in [4.78, 5) is 0. The highest BCUT2D eigenvalue weighted by molar-refractivity contribution is 7.91. The van der Waals surface area contributed by atoms with Gasteiger partial charge in [-0.3, -0.25) is 0 Å². The summed E-state index contributed by atoms with van der Waals surface area (Å²) >= 11 is 0. The third-order valence-electron chi connectivity index (χ3n) is 4.03. The molecule has 1 aliphatic rings. The molecule has 118 valence electrons. The molecule has 2 rings (SSSR count). The zero-order valence-electron chi connectivity index (χ0n) is 12.6. The Balaban J connectivity index is 1.85. The van der Waals surface area contributed by atoms with Crippen LogP contribution in [-0.2, 0) is 21.2 Å². The number of hydrogen-bond acceptors (Lipinski definition) is 4. The SMILES string of the molecule is CCNCC(COCc1ccccc1)C1CCS(=O)(=O)C1. The van der Waals surface area contributed by atoms with Crippen LogP contribution < -0.4 is 5.32 Å². The minimum absolute atomic E-state index is 0.227. The molecule has 5 heteroatoms. The first-order valence-corrected chi connectivity index (χ1v) is 9.45. The van der Waals surface area contributed by atoms with Gasteiger partial charge in [-0.2, -0.15) is 0 Å². The number of rotatable bonds is 8. The summed E-state index contributed by atoms with van der Waals surface area (Å²) in [6, 6.07) is 10.1. The first-order valence-electron chi connectivity index (χ1n) is 7.63. The second-order valence-corrected chi connectivity index (χ2v) is 7.96. The van der Waals surface area contributed by atoms with Gasteiger partial charge in [-0.05, 0) is 30.4 Å². The third kappa shape index (κ3) is 5.41. The molecule has 1 aliphatic heterocycles. The molecule has 1 aromatic rings. The van der Waals surface area contributed by atoms with E-state index in [1.807, 2.05) is 30.3 Å². The molecule has 1 saturated heterocycles. The highest BCUT2D eigenvalue weighted by Gasteiger charge is 2.33. The zero-order chi connectivity index (χ0) is 15.1. The van der Waals surface area contributed by atoms with Crippen molar-refractivity contribution in [3.63, 3.8) is 0 Å². The van der Waals surface area contributed by atoms with E-state index in [9.17, 15) is 8.42 Å². The lowest BCUT2D eigenvalue weighted by atomic mass is 9.92. The smallest absolute Gasteiger partial charge is 0.150 e. The van der Waals surface area contributed by atoms with Crippen LogP contribution in [0.3, 0.4) is 0 Å². The Morgan fingerprint density at radius 3 is 2.71 bits per heavy atom. The maximum absolute atomic E-state index is 11.7. The van der Waals surface area contributed by atoms with Gasteiger partial charge in [-0.1, -0.05) is 37.3 Å². The maximum Gasteiger partial charge on any atom is 0.150 e. The van der Waals surface area contributed by atoms with Gasteiger partial charge in [0.25, 0.3) is 0 Å². The van der Waals surface area contributed by atoms with E-state index >= 15 is 0 Å². The molecule has 0 saturated carbocycles. The van der Waals surface area contributed by atoms with Crippen molar-refractivity contribution in [2.24, 2.45) is 11.8 Å². The standard InChI is InChI=1S/C16H25NO3S/c1-2-17-10-16(15-8-9-21(18,19)13-15)12-20-11-14-6-4-3-5-7-14/h3-7,15-17H,2,8-13H2,1H3. The molecule has 2 atom stereocenters. The van der Waals surface area contributed by atoms with Crippen molar-refractivity contribution < 1.29 is 13.2 Å². The largest absolute Gasteiger partial charge is 0.376 e. The normalized spacial score (nSPS) is 22.2. The average Bonchev–Trinajstić information content (AvgIpc) is 2.84. The lowest BCUT2D eigenvalue weighted by molar-refractivity contribution is 0.0696. The van der Waals surface area contributed by atoms with Crippen LogP contribution >= 0.6 is 0 Å². The first kappa shape index (κ1) is 16.5. The van der Waals surface area contributed by atoms with Crippen LogP contribution in [0.2, 0.25) is 0 Å². The summed E-state index contributed by atoms with van der Waals surface area (Å²) in [7, 11) is -2.83. The van der Waals surface area contributed by atoms with E-state index in [-0.39, 0.29) is 11.8 Å². The van der Waals surface area contributed by atoms with Crippen LogP contribution in [-0.4, -0.2) is 39.6 Å². The van der Waals surface area contributed by atoms with E-state index in [0.717, 1.165) is 25.1 Å². The number of nitrogens with one attached hydrogen (secondary N) is 1. The number of hydrogen-bond donors (Lipinski definition) is 1. The van der Waals surface area contributed by atoms with Crippen molar-refractivity contribution in [1.29, 1.82) is 0 Å². The number of ether oxygens (including phenoxy) is 1. The summed E-state index contributed by atoms with van der Waals surface area (Å²) in [5, 5.41) is 3.33. The molecule has 21 heavy (non-hydrogen) atoms. The average molecular weight is 311 g/mol. The second kappa shape index (κ2) is 7.92. The van der Waals surface area contributed by atoms with Crippen LogP contribution in [0, 0.1) is 11.8 Å². The van der Waals surface area contributed by atoms with Gasteiger partial charge in [0, 0.05) is 6.54 Å². The van der Waals surface area contributed by atoms with Crippen LogP contribution in [0.25, 0.3) is 0 Å². The van der Waals surface area contributed by atoms with Crippen LogP contribution in [0.1, 0.15) is 18.9 Å². The van der Waals surface area contributed by atoms with E-state index < -0.39 is 9.84 Å². The molecule has 1 aromatic carbocycles. The molecule has 1 fully saturated rings. The van der Waals surface area contributed by atoms with E-state index in [4.69, 9.17) is 4.74 Å². The topological polar surface area (TPSA) is 55.4 Å². The van der Waals surface area contributed by atoms with E-state index in [2.05, 4.69) is 12.2 Å². The van der Waals surface area contributed by atoms with Gasteiger partial charge in [0.1, 0.15) is 0 Å². The van der Waals surface area contributed by atoms with Gasteiger partial charge in [0.05, 0.1) is 24.7 Å². The Labute approximate surface area is 127 Å². The molecule has 0 bridgehead atoms. The van der Waals surface area contributed by atoms with E-state index in [1.54, 1.807) is 0 Å².